The van der Waals surface area contributed by atoms with Gasteiger partial charge in [-0.15, -0.1) is 11.3 Å². The van der Waals surface area contributed by atoms with Gasteiger partial charge in [0.2, 0.25) is 0 Å². The van der Waals surface area contributed by atoms with Crippen molar-refractivity contribution in [2.24, 2.45) is 4.99 Å². The first-order chi connectivity index (χ1) is 12.1. The van der Waals surface area contributed by atoms with Gasteiger partial charge in [0.05, 0.1) is 38.1 Å². The lowest BCUT2D eigenvalue weighted by Crippen LogP contribution is -2.51. The molecule has 2 aliphatic rings. The van der Waals surface area contributed by atoms with E-state index >= 15 is 0 Å². The smallest absolute Gasteiger partial charge is 0.337 e. The third-order valence-electron chi connectivity index (χ3n) is 3.97. The summed E-state index contributed by atoms with van der Waals surface area (Å²) in [4.78, 5) is 34.0. The molecule has 0 radical (unpaired) electrons. The molecule has 1 aromatic rings. The SMILES string of the molecule is COC(=O)C1=C(CN2CCOC[C@H]2C(=O)O)N=C(c2nccs2)NC1. The number of carbonyl (C=O) groups excluding carboxylic acids is 1. The van der Waals surface area contributed by atoms with E-state index in [4.69, 9.17) is 9.47 Å². The van der Waals surface area contributed by atoms with E-state index in [1.807, 2.05) is 5.38 Å². The summed E-state index contributed by atoms with van der Waals surface area (Å²) in [5.41, 5.74) is 0.877. The molecular weight excluding hydrogens is 348 g/mol. The Kier molecular flexibility index (Phi) is 5.41. The molecule has 0 aliphatic carbocycles. The van der Waals surface area contributed by atoms with Gasteiger partial charge in [-0.05, 0) is 0 Å². The van der Waals surface area contributed by atoms with Gasteiger partial charge in [0, 0.05) is 24.7 Å². The normalized spacial score (nSPS) is 21.5. The number of aliphatic imine (C=N–C) groups is 1. The van der Waals surface area contributed by atoms with Crippen LogP contribution in [0.3, 0.4) is 0 Å². The molecule has 2 N–H and O–H groups in total. The van der Waals surface area contributed by atoms with E-state index in [9.17, 15) is 14.7 Å². The third-order valence-corrected chi connectivity index (χ3v) is 4.75. The van der Waals surface area contributed by atoms with Crippen molar-refractivity contribution in [3.8, 4) is 0 Å². The van der Waals surface area contributed by atoms with Crippen LogP contribution in [-0.2, 0) is 19.1 Å². The molecule has 0 amide bonds. The minimum Gasteiger partial charge on any atom is -0.480 e. The number of aliphatic carboxylic acids is 1. The van der Waals surface area contributed by atoms with Gasteiger partial charge in [-0.1, -0.05) is 0 Å². The van der Waals surface area contributed by atoms with E-state index in [-0.39, 0.29) is 19.7 Å². The summed E-state index contributed by atoms with van der Waals surface area (Å²) >= 11 is 1.43. The fourth-order valence-corrected chi connectivity index (χ4v) is 3.27. The number of thiazole rings is 1. The number of carbonyl (C=O) groups is 2. The van der Waals surface area contributed by atoms with E-state index in [1.165, 1.54) is 18.4 Å². The van der Waals surface area contributed by atoms with Gasteiger partial charge >= 0.3 is 11.9 Å². The summed E-state index contributed by atoms with van der Waals surface area (Å²) in [6.07, 6.45) is 1.67. The molecule has 0 bridgehead atoms. The average molecular weight is 366 g/mol. The molecule has 1 fully saturated rings. The number of hydrogen-bond donors (Lipinski definition) is 2. The standard InChI is InChI=1S/C15H18N4O5S/c1-23-15(22)9-6-17-12(13-16-2-5-25-13)18-10(9)7-19-3-4-24-8-11(19)14(20)21/h2,5,11H,3-4,6-8H2,1H3,(H,17,18)(H,20,21)/t11-/m0/s1. The van der Waals surface area contributed by atoms with Crippen LogP contribution in [0.1, 0.15) is 5.01 Å². The maximum atomic E-state index is 12.1. The first-order valence-corrected chi connectivity index (χ1v) is 8.55. The van der Waals surface area contributed by atoms with E-state index in [2.05, 4.69) is 15.3 Å². The highest BCUT2D eigenvalue weighted by molar-refractivity contribution is 7.11. The highest BCUT2D eigenvalue weighted by Crippen LogP contribution is 2.19. The average Bonchev–Trinajstić information content (AvgIpc) is 3.16. The number of amidine groups is 1. The van der Waals surface area contributed by atoms with Crippen LogP contribution in [0.5, 0.6) is 0 Å². The Morgan fingerprint density at radius 2 is 2.40 bits per heavy atom. The molecule has 1 atom stereocenters. The van der Waals surface area contributed by atoms with Crippen LogP contribution in [-0.4, -0.2) is 78.8 Å². The predicted molar refractivity (Wildman–Crippen MR) is 89.5 cm³/mol. The van der Waals surface area contributed by atoms with Crippen LogP contribution in [0, 0.1) is 0 Å². The number of esters is 1. The molecule has 1 saturated heterocycles. The summed E-state index contributed by atoms with van der Waals surface area (Å²) in [6, 6.07) is -0.770. The Morgan fingerprint density at radius 1 is 1.56 bits per heavy atom. The van der Waals surface area contributed by atoms with Gasteiger partial charge in [-0.3, -0.25) is 9.69 Å². The molecule has 0 saturated carbocycles. The predicted octanol–water partition coefficient (Wildman–Crippen LogP) is -0.295. The van der Waals surface area contributed by atoms with Crippen LogP contribution in [0.2, 0.25) is 0 Å². The number of ether oxygens (including phenoxy) is 2. The van der Waals surface area contributed by atoms with E-state index < -0.39 is 18.0 Å². The maximum absolute atomic E-state index is 12.1. The minimum atomic E-state index is -0.960. The number of aromatic nitrogens is 1. The van der Waals surface area contributed by atoms with Crippen molar-refractivity contribution < 1.29 is 24.2 Å². The molecule has 0 unspecified atom stereocenters. The molecule has 10 heteroatoms. The highest BCUT2D eigenvalue weighted by atomic mass is 32.1. The zero-order valence-electron chi connectivity index (χ0n) is 13.6. The topological polar surface area (TPSA) is 113 Å². The fourth-order valence-electron chi connectivity index (χ4n) is 2.67. The lowest BCUT2D eigenvalue weighted by molar-refractivity contribution is -0.149. The summed E-state index contributed by atoms with van der Waals surface area (Å²) in [6.45, 7) is 1.47. The molecule has 0 spiro atoms. The zero-order valence-corrected chi connectivity index (χ0v) is 14.4. The lowest BCUT2D eigenvalue weighted by Gasteiger charge is -2.33. The first-order valence-electron chi connectivity index (χ1n) is 7.67. The van der Waals surface area contributed by atoms with E-state index in [1.54, 1.807) is 11.1 Å². The van der Waals surface area contributed by atoms with Crippen LogP contribution in [0.15, 0.2) is 27.8 Å². The van der Waals surface area contributed by atoms with Gasteiger partial charge in [0.15, 0.2) is 10.8 Å². The molecule has 2 aliphatic heterocycles. The summed E-state index contributed by atoms with van der Waals surface area (Å²) in [5.74, 6) is -0.875. The number of hydrogen-bond acceptors (Lipinski definition) is 9. The van der Waals surface area contributed by atoms with E-state index in [0.717, 1.165) is 0 Å². The van der Waals surface area contributed by atoms with Crippen molar-refractivity contribution in [3.05, 3.63) is 27.9 Å². The molecular formula is C15H18N4O5S. The molecule has 0 aromatic carbocycles. The Labute approximate surface area is 148 Å². The summed E-state index contributed by atoms with van der Waals surface area (Å²) in [7, 11) is 1.31. The largest absolute Gasteiger partial charge is 0.480 e. The third kappa shape index (κ3) is 3.86. The van der Waals surface area contributed by atoms with Gasteiger partial charge in [-0.25, -0.2) is 14.8 Å². The van der Waals surface area contributed by atoms with Crippen LogP contribution in [0.4, 0.5) is 0 Å². The van der Waals surface area contributed by atoms with Crippen LogP contribution >= 0.6 is 11.3 Å². The Hall–Kier alpha value is -2.30. The Balaban J connectivity index is 1.90. The molecule has 25 heavy (non-hydrogen) atoms. The van der Waals surface area contributed by atoms with Gasteiger partial charge in [0.1, 0.15) is 6.04 Å². The summed E-state index contributed by atoms with van der Waals surface area (Å²) < 4.78 is 10.1. The Morgan fingerprint density at radius 3 is 3.08 bits per heavy atom. The second-order valence-corrected chi connectivity index (χ2v) is 6.36. The zero-order chi connectivity index (χ0) is 17.8. The number of carboxylic acids is 1. The molecule has 134 valence electrons. The van der Waals surface area contributed by atoms with Crippen molar-refractivity contribution in [1.29, 1.82) is 0 Å². The van der Waals surface area contributed by atoms with E-state index in [0.29, 0.717) is 35.3 Å². The number of nitrogens with zero attached hydrogens (tertiary/aromatic N) is 3. The minimum absolute atomic E-state index is 0.109. The van der Waals surface area contributed by atoms with Crippen molar-refractivity contribution in [2.75, 3.05) is 40.0 Å². The van der Waals surface area contributed by atoms with Crippen LogP contribution < -0.4 is 5.32 Å². The highest BCUT2D eigenvalue weighted by Gasteiger charge is 2.32. The number of morpholine rings is 1. The molecule has 3 heterocycles. The van der Waals surface area contributed by atoms with Gasteiger partial charge < -0.3 is 19.9 Å². The molecule has 9 nitrogen and oxygen atoms in total. The number of rotatable bonds is 5. The number of nitrogens with one attached hydrogen (secondary N) is 1. The second kappa shape index (κ2) is 7.72. The van der Waals surface area contributed by atoms with Gasteiger partial charge in [0.25, 0.3) is 0 Å². The lowest BCUT2D eigenvalue weighted by atomic mass is 10.1. The monoisotopic (exact) mass is 366 g/mol. The molecule has 3 rings (SSSR count). The molecule has 1 aromatic heterocycles. The maximum Gasteiger partial charge on any atom is 0.337 e. The second-order valence-electron chi connectivity index (χ2n) is 5.47. The first kappa shape index (κ1) is 17.5. The number of carboxylic acid groups (broad SMARTS) is 1. The quantitative estimate of drug-likeness (QED) is 0.683. The van der Waals surface area contributed by atoms with Crippen molar-refractivity contribution in [3.63, 3.8) is 0 Å². The van der Waals surface area contributed by atoms with Crippen molar-refractivity contribution >= 4 is 29.1 Å². The Bertz CT molecular complexity index is 716. The number of methoxy groups -OCH3 is 1. The van der Waals surface area contributed by atoms with Crippen LogP contribution in [0.25, 0.3) is 0 Å². The van der Waals surface area contributed by atoms with Crippen molar-refractivity contribution in [2.45, 2.75) is 6.04 Å². The fraction of sp³-hybridized carbons (Fsp3) is 0.467. The van der Waals surface area contributed by atoms with Crippen molar-refractivity contribution in [1.82, 2.24) is 15.2 Å². The summed E-state index contributed by atoms with van der Waals surface area (Å²) in [5, 5.41) is 15.0. The van der Waals surface area contributed by atoms with Gasteiger partial charge in [-0.2, -0.15) is 0 Å².